The molecule has 1 saturated carbocycles. The summed E-state index contributed by atoms with van der Waals surface area (Å²) in [5.41, 5.74) is 2.85. The van der Waals surface area contributed by atoms with Crippen LogP contribution in [0.15, 0.2) is 84.9 Å². The number of carbonyl (C=O) groups is 2. The number of ether oxygens (including phenoxy) is 2. The second-order valence-electron chi connectivity index (χ2n) is 8.85. The van der Waals surface area contributed by atoms with E-state index in [1.807, 2.05) is 84.9 Å². The summed E-state index contributed by atoms with van der Waals surface area (Å²) in [5.74, 6) is 0.114. The van der Waals surface area contributed by atoms with E-state index in [0.29, 0.717) is 18.9 Å². The minimum absolute atomic E-state index is 0.152. The van der Waals surface area contributed by atoms with Crippen molar-refractivity contribution in [2.24, 2.45) is 0 Å². The summed E-state index contributed by atoms with van der Waals surface area (Å²) >= 11 is 0. The van der Waals surface area contributed by atoms with E-state index in [2.05, 4.69) is 10.6 Å². The number of benzene rings is 3. The van der Waals surface area contributed by atoms with Crippen molar-refractivity contribution in [1.29, 1.82) is 0 Å². The number of nitrogens with one attached hydrogen (secondary N) is 2. The molecule has 0 aliphatic heterocycles. The maximum absolute atomic E-state index is 13.1. The molecule has 2 N–H and O–H groups in total. The minimum atomic E-state index is -0.812. The van der Waals surface area contributed by atoms with Gasteiger partial charge in [-0.05, 0) is 55.1 Å². The van der Waals surface area contributed by atoms with Crippen molar-refractivity contribution in [3.63, 3.8) is 0 Å². The van der Waals surface area contributed by atoms with Crippen molar-refractivity contribution >= 4 is 11.9 Å². The lowest BCUT2D eigenvalue weighted by Gasteiger charge is -2.22. The van der Waals surface area contributed by atoms with Gasteiger partial charge in [0.1, 0.15) is 18.4 Å². The molecule has 3 aromatic carbocycles. The molecule has 3 aromatic rings. The van der Waals surface area contributed by atoms with Crippen LogP contribution in [0, 0.1) is 0 Å². The first kappa shape index (κ1) is 24.5. The molecule has 0 saturated heterocycles. The highest BCUT2D eigenvalue weighted by Gasteiger charge is 2.27. The predicted molar refractivity (Wildman–Crippen MR) is 135 cm³/mol. The summed E-state index contributed by atoms with van der Waals surface area (Å²) in [7, 11) is 1.74. The Balaban J connectivity index is 1.43. The van der Waals surface area contributed by atoms with E-state index in [-0.39, 0.29) is 12.5 Å². The van der Waals surface area contributed by atoms with E-state index in [1.165, 1.54) is 0 Å². The minimum Gasteiger partial charge on any atom is -0.490 e. The van der Waals surface area contributed by atoms with E-state index < -0.39 is 18.1 Å². The van der Waals surface area contributed by atoms with Gasteiger partial charge in [0.25, 0.3) is 0 Å². The third-order valence-electron chi connectivity index (χ3n) is 5.96. The number of carbonyl (C=O) groups excluding carboxylic acids is 2. The Kier molecular flexibility index (Phi) is 8.52. The van der Waals surface area contributed by atoms with Gasteiger partial charge in [0.2, 0.25) is 5.91 Å². The molecule has 6 heteroatoms. The molecule has 182 valence electrons. The van der Waals surface area contributed by atoms with E-state index in [1.54, 1.807) is 7.05 Å². The van der Waals surface area contributed by atoms with Crippen LogP contribution in [0.3, 0.4) is 0 Å². The largest absolute Gasteiger partial charge is 0.490 e. The highest BCUT2D eigenvalue weighted by Crippen LogP contribution is 2.27. The second kappa shape index (κ2) is 12.2. The number of likely N-dealkylation sites (N-methyl/N-ethyl adjacent to an activating group) is 1. The summed E-state index contributed by atoms with van der Waals surface area (Å²) < 4.78 is 11.4. The summed E-state index contributed by atoms with van der Waals surface area (Å²) in [4.78, 5) is 26.2. The Morgan fingerprint density at radius 3 is 1.97 bits per heavy atom. The molecule has 0 spiro atoms. The van der Waals surface area contributed by atoms with Gasteiger partial charge in [-0.15, -0.1) is 0 Å². The highest BCUT2D eigenvalue weighted by atomic mass is 16.5. The molecule has 2 atom stereocenters. The standard InChI is InChI=1S/C29H32N2O4/c1-30-26(18-21-8-4-2-5-9-21)28(32)31-27(29(33)34-20-23-10-6-3-7-11-23)19-22-12-14-24(15-13-22)35-25-16-17-25/h2-15,25-27,30H,16-20H2,1H3,(H,31,32)/t26-,27-/m0/s1. The van der Waals surface area contributed by atoms with Gasteiger partial charge in [-0.1, -0.05) is 72.8 Å². The number of amides is 1. The van der Waals surface area contributed by atoms with Gasteiger partial charge in [-0.2, -0.15) is 0 Å². The van der Waals surface area contributed by atoms with Crippen molar-refractivity contribution in [3.05, 3.63) is 102 Å². The molecule has 1 amide bonds. The van der Waals surface area contributed by atoms with Gasteiger partial charge in [0.05, 0.1) is 12.1 Å². The summed E-state index contributed by atoms with van der Waals surface area (Å²) in [6.07, 6.45) is 3.36. The molecular weight excluding hydrogens is 440 g/mol. The zero-order valence-electron chi connectivity index (χ0n) is 20.0. The van der Waals surface area contributed by atoms with E-state index in [9.17, 15) is 9.59 Å². The van der Waals surface area contributed by atoms with Gasteiger partial charge >= 0.3 is 5.97 Å². The zero-order valence-corrected chi connectivity index (χ0v) is 20.0. The van der Waals surface area contributed by atoms with E-state index in [4.69, 9.17) is 9.47 Å². The monoisotopic (exact) mass is 472 g/mol. The Hall–Kier alpha value is -3.64. The van der Waals surface area contributed by atoms with Crippen molar-refractivity contribution in [1.82, 2.24) is 10.6 Å². The predicted octanol–water partition coefficient (Wildman–Crippen LogP) is 3.83. The number of hydrogen-bond acceptors (Lipinski definition) is 5. The zero-order chi connectivity index (χ0) is 24.5. The van der Waals surface area contributed by atoms with Crippen molar-refractivity contribution in [2.45, 2.75) is 50.5 Å². The summed E-state index contributed by atoms with van der Waals surface area (Å²) in [6, 6.07) is 25.7. The van der Waals surface area contributed by atoms with Crippen LogP contribution >= 0.6 is 0 Å². The van der Waals surface area contributed by atoms with Gasteiger partial charge in [-0.3, -0.25) is 4.79 Å². The molecule has 0 bridgehead atoms. The lowest BCUT2D eigenvalue weighted by molar-refractivity contribution is -0.149. The molecule has 35 heavy (non-hydrogen) atoms. The number of rotatable bonds is 12. The normalized spacial score (nSPS) is 14.5. The van der Waals surface area contributed by atoms with Crippen molar-refractivity contribution < 1.29 is 19.1 Å². The third-order valence-corrected chi connectivity index (χ3v) is 5.96. The van der Waals surface area contributed by atoms with Gasteiger partial charge in [0, 0.05) is 6.42 Å². The average molecular weight is 473 g/mol. The fraction of sp³-hybridized carbons (Fsp3) is 0.310. The van der Waals surface area contributed by atoms with E-state index >= 15 is 0 Å². The van der Waals surface area contributed by atoms with Crippen LogP contribution in [0.2, 0.25) is 0 Å². The molecule has 4 rings (SSSR count). The average Bonchev–Trinajstić information content (AvgIpc) is 3.71. The van der Waals surface area contributed by atoms with Crippen molar-refractivity contribution in [2.75, 3.05) is 7.05 Å². The van der Waals surface area contributed by atoms with Crippen LogP contribution in [-0.2, 0) is 33.8 Å². The maximum Gasteiger partial charge on any atom is 0.329 e. The molecule has 0 heterocycles. The molecular formula is C29H32N2O4. The molecule has 0 unspecified atom stereocenters. The van der Waals surface area contributed by atoms with Crippen LogP contribution in [0.5, 0.6) is 5.75 Å². The molecule has 0 aromatic heterocycles. The molecule has 1 fully saturated rings. The number of hydrogen-bond donors (Lipinski definition) is 2. The molecule has 0 radical (unpaired) electrons. The summed E-state index contributed by atoms with van der Waals surface area (Å²) in [6.45, 7) is 0.152. The van der Waals surface area contributed by atoms with Crippen LogP contribution < -0.4 is 15.4 Å². The quantitative estimate of drug-likeness (QED) is 0.392. The van der Waals surface area contributed by atoms with Gasteiger partial charge < -0.3 is 20.1 Å². The Labute approximate surface area is 206 Å². The number of esters is 1. The fourth-order valence-corrected chi connectivity index (χ4v) is 3.79. The molecule has 1 aliphatic rings. The van der Waals surface area contributed by atoms with Crippen LogP contribution in [0.1, 0.15) is 29.5 Å². The highest BCUT2D eigenvalue weighted by molar-refractivity contribution is 5.88. The lowest BCUT2D eigenvalue weighted by atomic mass is 10.0. The first-order valence-corrected chi connectivity index (χ1v) is 12.1. The first-order chi connectivity index (χ1) is 17.1. The Bertz CT molecular complexity index is 1080. The van der Waals surface area contributed by atoms with Crippen LogP contribution in [0.4, 0.5) is 0 Å². The van der Waals surface area contributed by atoms with Gasteiger partial charge in [-0.25, -0.2) is 4.79 Å². The third kappa shape index (κ3) is 7.69. The Morgan fingerprint density at radius 1 is 0.800 bits per heavy atom. The lowest BCUT2D eigenvalue weighted by Crippen LogP contribution is -2.51. The first-order valence-electron chi connectivity index (χ1n) is 12.1. The molecule has 6 nitrogen and oxygen atoms in total. The molecule has 1 aliphatic carbocycles. The van der Waals surface area contributed by atoms with E-state index in [0.717, 1.165) is 35.3 Å². The Morgan fingerprint density at radius 2 is 1.37 bits per heavy atom. The SMILES string of the molecule is CN[C@@H](Cc1ccccc1)C(=O)N[C@@H](Cc1ccc(OC2CC2)cc1)C(=O)OCc1ccccc1. The smallest absolute Gasteiger partial charge is 0.329 e. The van der Waals surface area contributed by atoms with Crippen LogP contribution in [0.25, 0.3) is 0 Å². The van der Waals surface area contributed by atoms with Crippen molar-refractivity contribution in [3.8, 4) is 5.75 Å². The van der Waals surface area contributed by atoms with Gasteiger partial charge in [0.15, 0.2) is 0 Å². The topological polar surface area (TPSA) is 76.7 Å². The maximum atomic E-state index is 13.1. The fourth-order valence-electron chi connectivity index (χ4n) is 3.79. The second-order valence-corrected chi connectivity index (χ2v) is 8.85. The van der Waals surface area contributed by atoms with Crippen LogP contribution in [-0.4, -0.2) is 37.1 Å². The summed E-state index contributed by atoms with van der Waals surface area (Å²) in [5, 5.41) is 5.99.